The van der Waals surface area contributed by atoms with Gasteiger partial charge in [-0.1, -0.05) is 0 Å². The molecule has 2 aromatic rings. The van der Waals surface area contributed by atoms with Crippen LogP contribution in [0.25, 0.3) is 10.1 Å². The normalized spacial score (nSPS) is 15.6. The molecule has 0 aliphatic carbocycles. The molecule has 1 aromatic carbocycles. The number of amides is 1. The predicted octanol–water partition coefficient (Wildman–Crippen LogP) is 2.51. The summed E-state index contributed by atoms with van der Waals surface area (Å²) in [6, 6.07) is 3.13. The first kappa shape index (κ1) is 18.4. The molecule has 2 heterocycles. The van der Waals surface area contributed by atoms with E-state index in [0.717, 1.165) is 11.3 Å². The molecule has 0 radical (unpaired) electrons. The Morgan fingerprint density at radius 2 is 1.85 bits per heavy atom. The van der Waals surface area contributed by atoms with Crippen molar-refractivity contribution in [2.45, 2.75) is 12.2 Å². The predicted molar refractivity (Wildman–Crippen MR) is 95.0 cm³/mol. The Morgan fingerprint density at radius 1 is 1.15 bits per heavy atom. The van der Waals surface area contributed by atoms with Crippen molar-refractivity contribution in [3.8, 4) is 5.75 Å². The van der Waals surface area contributed by atoms with Gasteiger partial charge in [-0.25, -0.2) is 9.59 Å². The number of esters is 1. The van der Waals surface area contributed by atoms with Gasteiger partial charge in [0.1, 0.15) is 10.6 Å². The third-order valence-electron chi connectivity index (χ3n) is 4.53. The third-order valence-corrected chi connectivity index (χ3v) is 5.67. The second-order valence-corrected chi connectivity index (χ2v) is 6.84. The van der Waals surface area contributed by atoms with Crippen LogP contribution in [-0.4, -0.2) is 57.9 Å². The molecule has 1 aliphatic rings. The number of phenolic OH excluding ortho intramolecular Hbond substituents is 1. The van der Waals surface area contributed by atoms with Crippen LogP contribution in [0.3, 0.4) is 0 Å². The number of phenols is 1. The third kappa shape index (κ3) is 2.77. The summed E-state index contributed by atoms with van der Waals surface area (Å²) in [5, 5.41) is 11.1. The molecule has 26 heavy (non-hydrogen) atoms. The fourth-order valence-corrected chi connectivity index (χ4v) is 4.15. The monoisotopic (exact) mass is 381 g/mol. The van der Waals surface area contributed by atoms with Gasteiger partial charge in [-0.05, 0) is 11.6 Å². The summed E-state index contributed by atoms with van der Waals surface area (Å²) in [7, 11) is 5.56. The molecular weight excluding hydrogens is 362 g/mol. The molecule has 8 nitrogen and oxygen atoms in total. The number of hydrogen-bond acceptors (Lipinski definition) is 8. The number of carbonyl (C=O) groups is 2. The molecule has 0 atom stereocenters. The minimum atomic E-state index is -1.07. The molecule has 1 amide bonds. The number of hydrogen-bond donors (Lipinski definition) is 1. The van der Waals surface area contributed by atoms with E-state index in [1.165, 1.54) is 39.4 Å². The first-order valence-corrected chi connectivity index (χ1v) is 8.53. The summed E-state index contributed by atoms with van der Waals surface area (Å²) in [6.07, 6.45) is -0.275. The smallest absolute Gasteiger partial charge is 0.414 e. The van der Waals surface area contributed by atoms with E-state index in [0.29, 0.717) is 32.6 Å². The van der Waals surface area contributed by atoms with E-state index < -0.39 is 17.8 Å². The summed E-state index contributed by atoms with van der Waals surface area (Å²) in [6.45, 7) is 0.0958. The van der Waals surface area contributed by atoms with Crippen LogP contribution in [-0.2, 0) is 25.4 Å². The Balaban J connectivity index is 2.27. The second kappa shape index (κ2) is 6.75. The number of aromatic hydroxyl groups is 1. The van der Waals surface area contributed by atoms with Crippen molar-refractivity contribution in [3.63, 3.8) is 0 Å². The maximum Gasteiger partial charge on any atom is 0.414 e. The molecule has 0 saturated carbocycles. The average molecular weight is 381 g/mol. The molecule has 0 saturated heterocycles. The molecule has 9 heteroatoms. The number of rotatable bonds is 3. The Morgan fingerprint density at radius 3 is 2.42 bits per heavy atom. The van der Waals surface area contributed by atoms with Crippen LogP contribution in [0, 0.1) is 0 Å². The van der Waals surface area contributed by atoms with Crippen molar-refractivity contribution in [2.24, 2.45) is 0 Å². The van der Waals surface area contributed by atoms with Crippen LogP contribution in [0.5, 0.6) is 5.75 Å². The van der Waals surface area contributed by atoms with E-state index in [1.54, 1.807) is 6.07 Å². The van der Waals surface area contributed by atoms with Crippen molar-refractivity contribution >= 4 is 39.2 Å². The molecule has 0 fully saturated rings. The van der Waals surface area contributed by atoms with Crippen molar-refractivity contribution in [1.82, 2.24) is 0 Å². The second-order valence-electron chi connectivity index (χ2n) is 5.79. The minimum absolute atomic E-state index is 0.0323. The van der Waals surface area contributed by atoms with Crippen LogP contribution in [0.15, 0.2) is 12.1 Å². The molecular formula is C17H19NO7S. The van der Waals surface area contributed by atoms with Crippen LogP contribution in [0.2, 0.25) is 0 Å². The lowest BCUT2D eigenvalue weighted by atomic mass is 9.93. The van der Waals surface area contributed by atoms with E-state index in [-0.39, 0.29) is 12.3 Å². The highest BCUT2D eigenvalue weighted by Gasteiger charge is 2.42. The first-order valence-electron chi connectivity index (χ1n) is 7.72. The molecule has 0 unspecified atom stereocenters. The van der Waals surface area contributed by atoms with Crippen LogP contribution < -0.4 is 4.90 Å². The zero-order chi connectivity index (χ0) is 19.1. The average Bonchev–Trinajstić information content (AvgIpc) is 3.13. The molecule has 0 bridgehead atoms. The van der Waals surface area contributed by atoms with Gasteiger partial charge in [0, 0.05) is 32.1 Å². The van der Waals surface area contributed by atoms with Gasteiger partial charge < -0.3 is 24.1 Å². The summed E-state index contributed by atoms with van der Waals surface area (Å²) >= 11 is 1.12. The van der Waals surface area contributed by atoms with Crippen molar-refractivity contribution < 1.29 is 33.6 Å². The van der Waals surface area contributed by atoms with Crippen LogP contribution >= 0.6 is 11.3 Å². The standard InChI is InChI=1S/C17H19NO7S/c1-22-15(20)13-5-9-10-7-17(24-3,25-4)8-18(16(21)23-2)11(10)6-12(19)14(9)26-13/h5-6,19H,7-8H2,1-4H3. The lowest BCUT2D eigenvalue weighted by molar-refractivity contribution is -0.199. The van der Waals surface area contributed by atoms with Gasteiger partial charge in [-0.3, -0.25) is 4.90 Å². The van der Waals surface area contributed by atoms with Gasteiger partial charge in [0.2, 0.25) is 0 Å². The van der Waals surface area contributed by atoms with Gasteiger partial charge in [-0.2, -0.15) is 0 Å². The quantitative estimate of drug-likeness (QED) is 0.645. The number of methoxy groups -OCH3 is 4. The molecule has 1 aromatic heterocycles. The van der Waals surface area contributed by atoms with Gasteiger partial charge in [0.15, 0.2) is 5.79 Å². The van der Waals surface area contributed by atoms with Gasteiger partial charge in [-0.15, -0.1) is 11.3 Å². The van der Waals surface area contributed by atoms with E-state index in [2.05, 4.69) is 0 Å². The zero-order valence-corrected chi connectivity index (χ0v) is 15.6. The Labute approximate surface area is 153 Å². The van der Waals surface area contributed by atoms with E-state index in [4.69, 9.17) is 18.9 Å². The van der Waals surface area contributed by atoms with Gasteiger partial charge in [0.25, 0.3) is 0 Å². The van der Waals surface area contributed by atoms with Crippen molar-refractivity contribution in [3.05, 3.63) is 22.6 Å². The summed E-state index contributed by atoms with van der Waals surface area (Å²) in [4.78, 5) is 25.9. The number of carbonyl (C=O) groups excluding carboxylic acids is 2. The summed E-state index contributed by atoms with van der Waals surface area (Å²) in [5.74, 6) is -1.60. The Kier molecular flexibility index (Phi) is 4.78. The van der Waals surface area contributed by atoms with Crippen LogP contribution in [0.4, 0.5) is 10.5 Å². The zero-order valence-electron chi connectivity index (χ0n) is 14.8. The number of nitrogens with zero attached hydrogens (tertiary/aromatic N) is 1. The Hall–Kier alpha value is -2.36. The molecule has 140 valence electrons. The fourth-order valence-electron chi connectivity index (χ4n) is 3.13. The first-order chi connectivity index (χ1) is 12.4. The lowest BCUT2D eigenvalue weighted by Gasteiger charge is -2.41. The molecule has 1 N–H and O–H groups in total. The molecule has 3 rings (SSSR count). The topological polar surface area (TPSA) is 94.5 Å². The van der Waals surface area contributed by atoms with Gasteiger partial charge in [0.05, 0.1) is 31.2 Å². The number of thiophene rings is 1. The highest BCUT2D eigenvalue weighted by Crippen LogP contribution is 2.45. The van der Waals surface area contributed by atoms with E-state index >= 15 is 0 Å². The largest absolute Gasteiger partial charge is 0.506 e. The maximum atomic E-state index is 12.3. The number of fused-ring (bicyclic) bond motifs is 3. The fraction of sp³-hybridized carbons (Fsp3) is 0.412. The number of benzene rings is 1. The van der Waals surface area contributed by atoms with E-state index in [9.17, 15) is 14.7 Å². The van der Waals surface area contributed by atoms with Crippen LogP contribution in [0.1, 0.15) is 15.2 Å². The number of anilines is 1. The number of ether oxygens (including phenoxy) is 4. The highest BCUT2D eigenvalue weighted by atomic mass is 32.1. The maximum absolute atomic E-state index is 12.3. The molecule has 1 aliphatic heterocycles. The van der Waals surface area contributed by atoms with Crippen molar-refractivity contribution in [1.29, 1.82) is 0 Å². The minimum Gasteiger partial charge on any atom is -0.506 e. The lowest BCUT2D eigenvalue weighted by Crippen LogP contribution is -2.53. The van der Waals surface area contributed by atoms with E-state index in [1.807, 2.05) is 0 Å². The molecule has 0 spiro atoms. The SMILES string of the molecule is COC(=O)c1cc2c3c(cc(O)c2s1)N(C(=O)OC)CC(OC)(OC)C3. The van der Waals surface area contributed by atoms with Crippen molar-refractivity contribution in [2.75, 3.05) is 39.9 Å². The summed E-state index contributed by atoms with van der Waals surface area (Å²) < 4.78 is 21.2. The Bertz CT molecular complexity index is 872. The summed E-state index contributed by atoms with van der Waals surface area (Å²) in [5.41, 5.74) is 1.20. The van der Waals surface area contributed by atoms with Gasteiger partial charge >= 0.3 is 12.1 Å². The highest BCUT2D eigenvalue weighted by molar-refractivity contribution is 7.21.